The second kappa shape index (κ2) is 26.6. The SMILES string of the molecule is CC(C)(C)c1ccc2c(c1)c1cc(-c3ccc4c5cc(C(C)(C)C)ccc5n(-c5ccc6c(c5)C(c5ccccc5)c5ccc(C[Si](C)(C)c7ccc8c(c7)c7ccc(-c9ccc%10c(c9)c9cc([Si](C)(C)C)ccc9n%10-c9ccccc9)cc7n8-c7ccc8c(c7)C(c7ccccc7)c7ccccc7-8)cc5-6)c4c3)ccc1n2-c1ccccc1. The average Bonchev–Trinajstić information content (AvgIpc) is 1.54. The number of aromatic nitrogens is 4. The van der Waals surface area contributed by atoms with Crippen molar-refractivity contribution in [2.24, 2.45) is 0 Å². The summed E-state index contributed by atoms with van der Waals surface area (Å²) in [6, 6.07) is 134. The normalized spacial score (nSPS) is 14.3. The lowest BCUT2D eigenvalue weighted by atomic mass is 9.86. The Morgan fingerprint density at radius 1 is 0.246 bits per heavy atom. The van der Waals surface area contributed by atoms with Crippen LogP contribution in [0.3, 0.4) is 0 Å². The maximum atomic E-state index is 2.60. The van der Waals surface area contributed by atoms with E-state index < -0.39 is 16.1 Å². The molecule has 6 heteroatoms. The smallest absolute Gasteiger partial charge is 0.0849 e. The highest BCUT2D eigenvalue weighted by Gasteiger charge is 2.36. The van der Waals surface area contributed by atoms with E-state index in [0.717, 1.165) is 6.04 Å². The lowest BCUT2D eigenvalue weighted by molar-refractivity contribution is 0.591. The first kappa shape index (κ1) is 71.7. The van der Waals surface area contributed by atoms with Gasteiger partial charge in [0.05, 0.1) is 60.3 Å². The van der Waals surface area contributed by atoms with Gasteiger partial charge in [-0.15, -0.1) is 0 Å². The fourth-order valence-electron chi connectivity index (χ4n) is 20.4. The van der Waals surface area contributed by atoms with Crippen LogP contribution in [0.5, 0.6) is 0 Å². The number of benzene rings is 16. The first-order valence-corrected chi connectivity index (χ1v) is 48.9. The summed E-state index contributed by atoms with van der Waals surface area (Å²) in [7, 11) is -3.90. The molecule has 0 N–H and O–H groups in total. The van der Waals surface area contributed by atoms with Crippen molar-refractivity contribution >= 4 is 114 Å². The molecule has 4 nitrogen and oxygen atoms in total. The zero-order chi connectivity index (χ0) is 80.0. The zero-order valence-electron chi connectivity index (χ0n) is 69.1. The Morgan fingerprint density at radius 3 is 1.10 bits per heavy atom. The molecular weight excluding hydrogens is 1460 g/mol. The van der Waals surface area contributed by atoms with Crippen molar-refractivity contribution in [2.45, 2.75) is 103 Å². The lowest BCUT2D eigenvalue weighted by Gasteiger charge is -2.24. The molecule has 4 aromatic heterocycles. The highest BCUT2D eigenvalue weighted by molar-refractivity contribution is 6.89. The first-order chi connectivity index (χ1) is 57.1. The largest absolute Gasteiger partial charge is 0.309 e. The molecule has 0 saturated heterocycles. The third-order valence-corrected chi connectivity index (χ3v) is 31.7. The van der Waals surface area contributed by atoms with Crippen molar-refractivity contribution in [2.75, 3.05) is 0 Å². The molecule has 16 aromatic carbocycles. The molecule has 570 valence electrons. The quantitative estimate of drug-likeness (QED) is 0.109. The van der Waals surface area contributed by atoms with Gasteiger partial charge < -0.3 is 18.3 Å². The van der Waals surface area contributed by atoms with E-state index in [2.05, 4.69) is 438 Å². The minimum absolute atomic E-state index is 0.000377. The Hall–Kier alpha value is -12.8. The van der Waals surface area contributed by atoms with Gasteiger partial charge in [-0.05, 0) is 233 Å². The number of nitrogens with zero attached hydrogens (tertiary/aromatic N) is 4. The van der Waals surface area contributed by atoms with Crippen LogP contribution < -0.4 is 10.4 Å². The Bertz CT molecular complexity index is 7530. The van der Waals surface area contributed by atoms with Crippen molar-refractivity contribution in [1.29, 1.82) is 0 Å². The predicted molar refractivity (Wildman–Crippen MR) is 508 cm³/mol. The van der Waals surface area contributed by atoms with Crippen molar-refractivity contribution < 1.29 is 0 Å². The summed E-state index contributed by atoms with van der Waals surface area (Å²) in [5.74, 6) is 0.180. The molecule has 118 heavy (non-hydrogen) atoms. The van der Waals surface area contributed by atoms with Gasteiger partial charge in [0.25, 0.3) is 0 Å². The maximum Gasteiger partial charge on any atom is 0.0849 e. The topological polar surface area (TPSA) is 19.7 Å². The molecule has 22 rings (SSSR count). The van der Waals surface area contributed by atoms with E-state index in [1.165, 1.54) is 215 Å². The van der Waals surface area contributed by atoms with Gasteiger partial charge in [-0.25, -0.2) is 0 Å². The monoisotopic (exact) mass is 1550 g/mol. The van der Waals surface area contributed by atoms with E-state index in [1.807, 2.05) is 0 Å². The van der Waals surface area contributed by atoms with Crippen LogP contribution in [0, 0.1) is 0 Å². The molecule has 0 amide bonds. The molecule has 0 radical (unpaired) electrons. The number of hydrogen-bond acceptors (Lipinski definition) is 0. The third kappa shape index (κ3) is 11.5. The molecule has 2 unspecified atom stereocenters. The van der Waals surface area contributed by atoms with Crippen LogP contribution in [0.15, 0.2) is 346 Å². The van der Waals surface area contributed by atoms with Gasteiger partial charge in [0.2, 0.25) is 0 Å². The van der Waals surface area contributed by atoms with Gasteiger partial charge in [-0.1, -0.05) is 309 Å². The van der Waals surface area contributed by atoms with Crippen molar-refractivity contribution in [3.8, 4) is 67.3 Å². The molecule has 2 atom stereocenters. The van der Waals surface area contributed by atoms with E-state index in [-0.39, 0.29) is 22.7 Å². The van der Waals surface area contributed by atoms with Crippen molar-refractivity contribution in [3.05, 3.63) is 396 Å². The van der Waals surface area contributed by atoms with Gasteiger partial charge in [0.15, 0.2) is 0 Å². The van der Waals surface area contributed by atoms with Crippen LogP contribution in [0.4, 0.5) is 0 Å². The fourth-order valence-corrected chi connectivity index (χ4v) is 24.1. The molecular formula is C112H94N4Si2. The summed E-state index contributed by atoms with van der Waals surface area (Å²) < 4.78 is 10.0. The summed E-state index contributed by atoms with van der Waals surface area (Å²) >= 11 is 0. The van der Waals surface area contributed by atoms with Gasteiger partial charge in [-0.3, -0.25) is 0 Å². The van der Waals surface area contributed by atoms with Crippen LogP contribution >= 0.6 is 0 Å². The van der Waals surface area contributed by atoms with E-state index in [9.17, 15) is 0 Å². The molecule has 2 aliphatic carbocycles. The van der Waals surface area contributed by atoms with Crippen LogP contribution in [0.2, 0.25) is 32.7 Å². The number of rotatable bonds is 12. The summed E-state index contributed by atoms with van der Waals surface area (Å²) in [6.07, 6.45) is 0. The molecule has 0 saturated carbocycles. The molecule has 0 spiro atoms. The Kier molecular flexibility index (Phi) is 16.2. The third-order valence-electron chi connectivity index (χ3n) is 26.5. The number of para-hydroxylation sites is 2. The molecule has 2 aliphatic rings. The predicted octanol–water partition coefficient (Wildman–Crippen LogP) is 28.6. The van der Waals surface area contributed by atoms with Crippen LogP contribution in [-0.2, 0) is 16.9 Å². The zero-order valence-corrected chi connectivity index (χ0v) is 71.1. The van der Waals surface area contributed by atoms with Crippen LogP contribution in [0.1, 0.15) is 103 Å². The number of hydrogen-bond donors (Lipinski definition) is 0. The Morgan fingerprint density at radius 2 is 0.610 bits per heavy atom. The van der Waals surface area contributed by atoms with Gasteiger partial charge >= 0.3 is 0 Å². The second-order valence-electron chi connectivity index (χ2n) is 37.4. The van der Waals surface area contributed by atoms with E-state index >= 15 is 0 Å². The minimum atomic E-state index is -2.25. The molecule has 0 aliphatic heterocycles. The summed E-state index contributed by atoms with van der Waals surface area (Å²) in [5.41, 5.74) is 36.6. The summed E-state index contributed by atoms with van der Waals surface area (Å²) in [5, 5.41) is 13.1. The Labute approximate surface area is 693 Å². The molecule has 4 heterocycles. The van der Waals surface area contributed by atoms with E-state index in [0.29, 0.717) is 0 Å². The van der Waals surface area contributed by atoms with Gasteiger partial charge in [0, 0.05) is 77.7 Å². The number of fused-ring (bicyclic) bond motifs is 18. The van der Waals surface area contributed by atoms with E-state index in [1.54, 1.807) is 0 Å². The highest BCUT2D eigenvalue weighted by atomic mass is 28.3. The fraction of sp³-hybridized carbons (Fsp3) is 0.143. The summed E-state index contributed by atoms with van der Waals surface area (Å²) in [4.78, 5) is 0. The van der Waals surface area contributed by atoms with Crippen molar-refractivity contribution in [3.63, 3.8) is 0 Å². The molecule has 20 aromatic rings. The molecule has 0 fully saturated rings. The van der Waals surface area contributed by atoms with Crippen LogP contribution in [0.25, 0.3) is 154 Å². The minimum Gasteiger partial charge on any atom is -0.309 e. The maximum absolute atomic E-state index is 2.60. The average molecular weight is 1550 g/mol. The van der Waals surface area contributed by atoms with Gasteiger partial charge in [0.1, 0.15) is 0 Å². The van der Waals surface area contributed by atoms with Crippen molar-refractivity contribution in [1.82, 2.24) is 18.3 Å². The van der Waals surface area contributed by atoms with E-state index in [4.69, 9.17) is 0 Å². The second-order valence-corrected chi connectivity index (χ2v) is 47.2. The lowest BCUT2D eigenvalue weighted by Crippen LogP contribution is -2.44. The summed E-state index contributed by atoms with van der Waals surface area (Å²) in [6.45, 7) is 26.5. The highest BCUT2D eigenvalue weighted by Crippen LogP contribution is 2.53. The van der Waals surface area contributed by atoms with Crippen LogP contribution in [-0.4, -0.2) is 34.4 Å². The molecule has 0 bridgehead atoms. The first-order valence-electron chi connectivity index (χ1n) is 42.2. The standard InChI is InChI=1S/C112H94N4Si2/c1-111(2,3)77-41-54-103-95(63-77)88-48-37-75(73-39-52-101-93(59-73)96-64-78(112(4,5)6)42-55-104(96)113(101)79-30-20-14-21-31-79)61-107(88)115(103)82-44-51-87-92-58-70(36-47-91(92)110(100(87)66-82)72-28-18-13-19-29-72)69-118(10,11)84-46-57-105-97(68-84)89-49-38-76(74-40-53-102-94(60-74)98-67-83(117(7,8)9)45-56-106(98)114(102)80-32-22-15-23-33-80)62-108(89)116(105)81-43-50-86-85-34-24-25-35-90(85)109(99(86)65-81)71-26-16-12-17-27-71/h12-68,109-110H,69H2,1-11H3. The Balaban J connectivity index is 0.657. The van der Waals surface area contributed by atoms with Gasteiger partial charge in [-0.2, -0.15) is 0 Å².